The normalized spacial score (nSPS) is 11.6. The lowest BCUT2D eigenvalue weighted by Crippen LogP contribution is -2.14. The Hall–Kier alpha value is -3.49. The topological polar surface area (TPSA) is 86.2 Å². The molecule has 7 nitrogen and oxygen atoms in total. The first-order valence-electron chi connectivity index (χ1n) is 10.1. The summed E-state index contributed by atoms with van der Waals surface area (Å²) in [4.78, 5) is 17.4. The molecular weight excluding hydrogens is 460 g/mol. The largest absolute Gasteiger partial charge is 0.496 e. The molecule has 0 aliphatic heterocycles. The second kappa shape index (κ2) is 9.97. The van der Waals surface area contributed by atoms with Crippen molar-refractivity contribution < 1.29 is 14.3 Å². The van der Waals surface area contributed by atoms with E-state index in [0.717, 1.165) is 33.7 Å². The highest BCUT2D eigenvalue weighted by Crippen LogP contribution is 2.33. The fraction of sp³-hybridized carbons (Fsp3) is 0.167. The van der Waals surface area contributed by atoms with Crippen LogP contribution in [0.1, 0.15) is 34.6 Å². The molecule has 0 spiro atoms. The highest BCUT2D eigenvalue weighted by atomic mass is 35.5. The molecule has 33 heavy (non-hydrogen) atoms. The van der Waals surface area contributed by atoms with Gasteiger partial charge in [-0.25, -0.2) is 0 Å². The Morgan fingerprint density at radius 3 is 2.61 bits per heavy atom. The van der Waals surface area contributed by atoms with E-state index in [2.05, 4.69) is 20.5 Å². The minimum atomic E-state index is -0.350. The van der Waals surface area contributed by atoms with Crippen LogP contribution in [-0.2, 0) is 0 Å². The van der Waals surface area contributed by atoms with Crippen molar-refractivity contribution in [2.24, 2.45) is 0 Å². The Kier molecular flexibility index (Phi) is 6.86. The number of benzene rings is 2. The van der Waals surface area contributed by atoms with Gasteiger partial charge in [-0.05, 0) is 55.0 Å². The van der Waals surface area contributed by atoms with Gasteiger partial charge in [0.05, 0.1) is 12.7 Å². The van der Waals surface area contributed by atoms with E-state index in [1.807, 2.05) is 56.3 Å². The van der Waals surface area contributed by atoms with Crippen LogP contribution in [0.4, 0.5) is 5.13 Å². The van der Waals surface area contributed by atoms with Crippen LogP contribution in [0.15, 0.2) is 60.8 Å². The van der Waals surface area contributed by atoms with Gasteiger partial charge in [-0.2, -0.15) is 0 Å². The number of hydrogen-bond acceptors (Lipinski definition) is 7. The number of anilines is 1. The maximum Gasteiger partial charge on any atom is 0.296 e. The maximum absolute atomic E-state index is 13.1. The lowest BCUT2D eigenvalue weighted by atomic mass is 9.99. The summed E-state index contributed by atoms with van der Waals surface area (Å²) in [7, 11) is 1.60. The Morgan fingerprint density at radius 2 is 1.85 bits per heavy atom. The van der Waals surface area contributed by atoms with Gasteiger partial charge in [-0.1, -0.05) is 47.0 Å². The van der Waals surface area contributed by atoms with E-state index in [1.54, 1.807) is 25.4 Å². The average Bonchev–Trinajstić information content (AvgIpc) is 3.25. The molecule has 0 saturated heterocycles. The third-order valence-corrected chi connectivity index (χ3v) is 5.91. The Bertz CT molecular complexity index is 1280. The molecule has 0 radical (unpaired) electrons. The summed E-state index contributed by atoms with van der Waals surface area (Å²) in [6.45, 7) is 3.78. The molecule has 1 amide bonds. The van der Waals surface area contributed by atoms with Crippen LogP contribution in [0, 0.1) is 6.92 Å². The second-order valence-corrected chi connectivity index (χ2v) is 8.59. The molecule has 0 bridgehead atoms. The lowest BCUT2D eigenvalue weighted by molar-refractivity contribution is 0.102. The standard InChI is InChI=1S/C24H21ClN4O3S/c1-14-12-19(18-6-4-5-7-21(18)31-3)20(13-26-14)22(30)27-23-28-29-24(33-23)32-15(2)16-8-10-17(25)11-9-16/h4-13,15H,1-3H3,(H,27,28,30). The van der Waals surface area contributed by atoms with E-state index in [1.165, 1.54) is 0 Å². The van der Waals surface area contributed by atoms with Crippen molar-refractivity contribution in [3.8, 4) is 22.1 Å². The number of para-hydroxylation sites is 1. The Balaban J connectivity index is 1.53. The van der Waals surface area contributed by atoms with Crippen molar-refractivity contribution in [3.05, 3.63) is 82.6 Å². The fourth-order valence-corrected chi connectivity index (χ4v) is 4.05. The molecule has 0 aliphatic rings. The van der Waals surface area contributed by atoms with Crippen LogP contribution in [0.25, 0.3) is 11.1 Å². The van der Waals surface area contributed by atoms with Gasteiger partial charge in [-0.3, -0.25) is 15.1 Å². The number of halogens is 1. The molecule has 9 heteroatoms. The van der Waals surface area contributed by atoms with Crippen LogP contribution in [0.5, 0.6) is 10.9 Å². The molecule has 0 fully saturated rings. The number of carbonyl (C=O) groups excluding carboxylic acids is 1. The van der Waals surface area contributed by atoms with Crippen molar-refractivity contribution in [2.75, 3.05) is 12.4 Å². The second-order valence-electron chi connectivity index (χ2n) is 7.21. The first-order valence-corrected chi connectivity index (χ1v) is 11.3. The predicted octanol–water partition coefficient (Wildman–Crippen LogP) is 5.96. The number of nitrogens with one attached hydrogen (secondary N) is 1. The fourth-order valence-electron chi connectivity index (χ4n) is 3.26. The van der Waals surface area contributed by atoms with Crippen molar-refractivity contribution in [3.63, 3.8) is 0 Å². The smallest absolute Gasteiger partial charge is 0.296 e. The van der Waals surface area contributed by atoms with Crippen LogP contribution in [-0.4, -0.2) is 28.2 Å². The molecule has 2 aromatic heterocycles. The summed E-state index contributed by atoms with van der Waals surface area (Å²) in [5.74, 6) is 0.316. The summed E-state index contributed by atoms with van der Waals surface area (Å²) in [6, 6.07) is 16.8. The van der Waals surface area contributed by atoms with Crippen LogP contribution >= 0.6 is 22.9 Å². The van der Waals surface area contributed by atoms with E-state index >= 15 is 0 Å². The summed E-state index contributed by atoms with van der Waals surface area (Å²) >= 11 is 7.09. The molecule has 4 aromatic rings. The summed E-state index contributed by atoms with van der Waals surface area (Å²) in [5.41, 5.74) is 3.66. The zero-order chi connectivity index (χ0) is 23.4. The number of ether oxygens (including phenoxy) is 2. The number of aromatic nitrogens is 3. The molecule has 0 saturated carbocycles. The first-order chi connectivity index (χ1) is 15.9. The zero-order valence-corrected chi connectivity index (χ0v) is 19.8. The molecule has 1 unspecified atom stereocenters. The minimum Gasteiger partial charge on any atom is -0.496 e. The average molecular weight is 481 g/mol. The van der Waals surface area contributed by atoms with E-state index in [0.29, 0.717) is 26.7 Å². The maximum atomic E-state index is 13.1. The Labute approximate surface area is 200 Å². The monoisotopic (exact) mass is 480 g/mol. The molecule has 2 aromatic carbocycles. The number of methoxy groups -OCH3 is 1. The van der Waals surface area contributed by atoms with Crippen molar-refractivity contribution in [2.45, 2.75) is 20.0 Å². The summed E-state index contributed by atoms with van der Waals surface area (Å²) in [6.07, 6.45) is 1.30. The predicted molar refractivity (Wildman–Crippen MR) is 129 cm³/mol. The number of aryl methyl sites for hydroxylation is 1. The molecule has 4 rings (SSSR count). The molecular formula is C24H21ClN4O3S. The SMILES string of the molecule is COc1ccccc1-c1cc(C)ncc1C(=O)Nc1nnc(OC(C)c2ccc(Cl)cc2)s1. The Morgan fingerprint density at radius 1 is 1.09 bits per heavy atom. The minimum absolute atomic E-state index is 0.253. The number of carbonyl (C=O) groups is 1. The van der Waals surface area contributed by atoms with E-state index < -0.39 is 0 Å². The van der Waals surface area contributed by atoms with Gasteiger partial charge in [-0.15, -0.1) is 5.10 Å². The van der Waals surface area contributed by atoms with Crippen LogP contribution < -0.4 is 14.8 Å². The molecule has 2 heterocycles. The van der Waals surface area contributed by atoms with Gasteiger partial charge in [0, 0.05) is 28.0 Å². The number of hydrogen-bond donors (Lipinski definition) is 1. The van der Waals surface area contributed by atoms with Crippen molar-refractivity contribution in [1.82, 2.24) is 15.2 Å². The number of pyridine rings is 1. The number of nitrogens with zero attached hydrogens (tertiary/aromatic N) is 3. The van der Waals surface area contributed by atoms with E-state index in [-0.39, 0.29) is 12.0 Å². The van der Waals surface area contributed by atoms with Crippen LogP contribution in [0.3, 0.4) is 0 Å². The van der Waals surface area contributed by atoms with E-state index in [4.69, 9.17) is 21.1 Å². The van der Waals surface area contributed by atoms with Gasteiger partial charge >= 0.3 is 0 Å². The molecule has 1 atom stereocenters. The third kappa shape index (κ3) is 5.30. The van der Waals surface area contributed by atoms with Crippen molar-refractivity contribution >= 4 is 34.0 Å². The number of amides is 1. The third-order valence-electron chi connectivity index (χ3n) is 4.93. The zero-order valence-electron chi connectivity index (χ0n) is 18.2. The summed E-state index contributed by atoms with van der Waals surface area (Å²) < 4.78 is 11.3. The molecule has 168 valence electrons. The summed E-state index contributed by atoms with van der Waals surface area (Å²) in [5, 5.41) is 12.2. The molecule has 0 aliphatic carbocycles. The van der Waals surface area contributed by atoms with Gasteiger partial charge in [0.25, 0.3) is 11.1 Å². The van der Waals surface area contributed by atoms with Gasteiger partial charge < -0.3 is 9.47 Å². The lowest BCUT2D eigenvalue weighted by Gasteiger charge is -2.13. The highest BCUT2D eigenvalue weighted by Gasteiger charge is 2.19. The highest BCUT2D eigenvalue weighted by molar-refractivity contribution is 7.17. The van der Waals surface area contributed by atoms with Gasteiger partial charge in [0.2, 0.25) is 5.13 Å². The molecule has 1 N–H and O–H groups in total. The van der Waals surface area contributed by atoms with Crippen molar-refractivity contribution in [1.29, 1.82) is 0 Å². The quantitative estimate of drug-likeness (QED) is 0.351. The first kappa shape index (κ1) is 22.7. The number of rotatable bonds is 7. The van der Waals surface area contributed by atoms with E-state index in [9.17, 15) is 4.79 Å². The van der Waals surface area contributed by atoms with Gasteiger partial charge in [0.15, 0.2) is 0 Å². The van der Waals surface area contributed by atoms with Crippen LogP contribution in [0.2, 0.25) is 5.02 Å². The van der Waals surface area contributed by atoms with Gasteiger partial charge in [0.1, 0.15) is 11.9 Å².